The van der Waals surface area contributed by atoms with Crippen LogP contribution < -0.4 is 10.6 Å². The number of nitrogens with one attached hydrogen (secondary N) is 2. The maximum atomic E-state index is 11.4. The Balaban J connectivity index is 2.19. The van der Waals surface area contributed by atoms with Crippen LogP contribution >= 0.6 is 15.9 Å². The van der Waals surface area contributed by atoms with E-state index in [9.17, 15) is 4.79 Å². The minimum atomic E-state index is 0.130. The molecule has 1 atom stereocenters. The van der Waals surface area contributed by atoms with Gasteiger partial charge in [-0.3, -0.25) is 4.79 Å². The van der Waals surface area contributed by atoms with Gasteiger partial charge in [0, 0.05) is 30.0 Å². The Kier molecular flexibility index (Phi) is 7.75. The van der Waals surface area contributed by atoms with Crippen molar-refractivity contribution >= 4 is 21.8 Å². The molecule has 106 valence electrons. The monoisotopic (exact) mass is 326 g/mol. The van der Waals surface area contributed by atoms with Gasteiger partial charge >= 0.3 is 0 Å². The fourth-order valence-corrected chi connectivity index (χ4v) is 2.10. The lowest BCUT2D eigenvalue weighted by Gasteiger charge is -2.13. The van der Waals surface area contributed by atoms with Crippen molar-refractivity contribution in [3.63, 3.8) is 0 Å². The molecule has 0 saturated carbocycles. The van der Waals surface area contributed by atoms with Gasteiger partial charge in [-0.1, -0.05) is 35.0 Å². The zero-order valence-electron chi connectivity index (χ0n) is 11.7. The molecule has 1 amide bonds. The molecule has 0 aliphatic carbocycles. The summed E-state index contributed by atoms with van der Waals surface area (Å²) in [5, 5.41) is 6.26. The molecule has 4 heteroatoms. The predicted molar refractivity (Wildman–Crippen MR) is 83.2 cm³/mol. The van der Waals surface area contributed by atoms with Gasteiger partial charge in [0.15, 0.2) is 0 Å². The summed E-state index contributed by atoms with van der Waals surface area (Å²) < 4.78 is 1.10. The van der Waals surface area contributed by atoms with E-state index in [-0.39, 0.29) is 5.91 Å². The number of carbonyl (C=O) groups is 1. The minimum Gasteiger partial charge on any atom is -0.356 e. The minimum absolute atomic E-state index is 0.130. The Labute approximate surface area is 124 Å². The zero-order chi connectivity index (χ0) is 14.1. The van der Waals surface area contributed by atoms with E-state index in [0.29, 0.717) is 12.5 Å². The summed E-state index contributed by atoms with van der Waals surface area (Å²) in [6, 6.07) is 8.73. The number of hydrogen-bond acceptors (Lipinski definition) is 2. The molecule has 1 rings (SSSR count). The molecule has 3 nitrogen and oxygen atoms in total. The molecule has 0 fully saturated rings. The Morgan fingerprint density at radius 1 is 1.26 bits per heavy atom. The predicted octanol–water partition coefficient (Wildman–Crippen LogP) is 2.89. The van der Waals surface area contributed by atoms with Crippen LogP contribution in [0.5, 0.6) is 0 Å². The average molecular weight is 327 g/mol. The van der Waals surface area contributed by atoms with Crippen molar-refractivity contribution in [2.24, 2.45) is 0 Å². The summed E-state index contributed by atoms with van der Waals surface area (Å²) in [4.78, 5) is 11.4. The van der Waals surface area contributed by atoms with Crippen molar-refractivity contribution in [1.82, 2.24) is 10.6 Å². The number of hydrogen-bond donors (Lipinski definition) is 2. The highest BCUT2D eigenvalue weighted by atomic mass is 79.9. The maximum absolute atomic E-state index is 11.4. The molecule has 0 saturated heterocycles. The third-order valence-electron chi connectivity index (χ3n) is 2.87. The van der Waals surface area contributed by atoms with Crippen LogP contribution in [0.15, 0.2) is 28.7 Å². The van der Waals surface area contributed by atoms with Crippen LogP contribution in [0.2, 0.25) is 0 Å². The second-order valence-corrected chi connectivity index (χ2v) is 5.70. The maximum Gasteiger partial charge on any atom is 0.221 e. The van der Waals surface area contributed by atoms with E-state index < -0.39 is 0 Å². The molecule has 1 aromatic rings. The van der Waals surface area contributed by atoms with Gasteiger partial charge in [-0.25, -0.2) is 0 Å². The first kappa shape index (κ1) is 16.2. The van der Waals surface area contributed by atoms with Crippen LogP contribution in [-0.4, -0.2) is 25.0 Å². The summed E-state index contributed by atoms with van der Waals surface area (Å²) in [7, 11) is 0. The fraction of sp³-hybridized carbons (Fsp3) is 0.533. The third kappa shape index (κ3) is 7.33. The molecule has 0 aromatic heterocycles. The number of benzene rings is 1. The van der Waals surface area contributed by atoms with Gasteiger partial charge < -0.3 is 10.6 Å². The van der Waals surface area contributed by atoms with Crippen molar-refractivity contribution in [1.29, 1.82) is 0 Å². The normalized spacial score (nSPS) is 12.2. The van der Waals surface area contributed by atoms with Gasteiger partial charge in [-0.05, 0) is 37.5 Å². The van der Waals surface area contributed by atoms with E-state index in [2.05, 4.69) is 64.7 Å². The largest absolute Gasteiger partial charge is 0.356 e. The van der Waals surface area contributed by atoms with Crippen LogP contribution in [-0.2, 0) is 11.2 Å². The van der Waals surface area contributed by atoms with Crippen molar-refractivity contribution in [3.05, 3.63) is 34.3 Å². The zero-order valence-corrected chi connectivity index (χ0v) is 13.3. The SMILES string of the molecule is CCCNC(=O)CCNC(C)Cc1ccc(Br)cc1. The van der Waals surface area contributed by atoms with E-state index >= 15 is 0 Å². The molecule has 0 spiro atoms. The Bertz CT molecular complexity index is 378. The van der Waals surface area contributed by atoms with Crippen molar-refractivity contribution in [2.45, 2.75) is 39.2 Å². The molecule has 19 heavy (non-hydrogen) atoms. The first-order chi connectivity index (χ1) is 9.11. The van der Waals surface area contributed by atoms with E-state index in [1.807, 2.05) is 0 Å². The van der Waals surface area contributed by atoms with Crippen LogP contribution in [0.25, 0.3) is 0 Å². The number of carbonyl (C=O) groups excluding carboxylic acids is 1. The average Bonchev–Trinajstić information content (AvgIpc) is 2.39. The molecule has 0 radical (unpaired) electrons. The first-order valence-electron chi connectivity index (χ1n) is 6.86. The highest BCUT2D eigenvalue weighted by Gasteiger charge is 2.05. The van der Waals surface area contributed by atoms with E-state index in [1.165, 1.54) is 5.56 Å². The first-order valence-corrected chi connectivity index (χ1v) is 7.65. The molecule has 0 bridgehead atoms. The molecule has 0 heterocycles. The summed E-state index contributed by atoms with van der Waals surface area (Å²) in [5.74, 6) is 0.130. The van der Waals surface area contributed by atoms with Gasteiger partial charge in [0.25, 0.3) is 0 Å². The van der Waals surface area contributed by atoms with E-state index in [0.717, 1.165) is 30.4 Å². The van der Waals surface area contributed by atoms with Crippen LogP contribution in [0.3, 0.4) is 0 Å². The molecule has 0 aliphatic rings. The van der Waals surface area contributed by atoms with Gasteiger partial charge in [-0.15, -0.1) is 0 Å². The summed E-state index contributed by atoms with van der Waals surface area (Å²) in [6.07, 6.45) is 2.51. The quantitative estimate of drug-likeness (QED) is 0.771. The standard InChI is InChI=1S/C15H23BrN2O/c1-3-9-18-15(19)8-10-17-12(2)11-13-4-6-14(16)7-5-13/h4-7,12,17H,3,8-11H2,1-2H3,(H,18,19). The topological polar surface area (TPSA) is 41.1 Å². The molecule has 1 aromatic carbocycles. The summed E-state index contributed by atoms with van der Waals surface area (Å²) >= 11 is 3.43. The molecular weight excluding hydrogens is 304 g/mol. The highest BCUT2D eigenvalue weighted by Crippen LogP contribution is 2.11. The van der Waals surface area contributed by atoms with Crippen LogP contribution in [0.4, 0.5) is 0 Å². The van der Waals surface area contributed by atoms with Crippen LogP contribution in [0, 0.1) is 0 Å². The number of amides is 1. The summed E-state index contributed by atoms with van der Waals surface area (Å²) in [6.45, 7) is 5.70. The lowest BCUT2D eigenvalue weighted by Crippen LogP contribution is -2.33. The molecular formula is C15H23BrN2O. The smallest absolute Gasteiger partial charge is 0.221 e. The number of halogens is 1. The van der Waals surface area contributed by atoms with E-state index in [1.54, 1.807) is 0 Å². The molecule has 1 unspecified atom stereocenters. The molecule has 2 N–H and O–H groups in total. The van der Waals surface area contributed by atoms with Crippen molar-refractivity contribution in [3.8, 4) is 0 Å². The van der Waals surface area contributed by atoms with Gasteiger partial charge in [0.2, 0.25) is 5.91 Å². The molecule has 0 aliphatic heterocycles. The van der Waals surface area contributed by atoms with Gasteiger partial charge in [-0.2, -0.15) is 0 Å². The van der Waals surface area contributed by atoms with Crippen LogP contribution in [0.1, 0.15) is 32.3 Å². The van der Waals surface area contributed by atoms with E-state index in [4.69, 9.17) is 0 Å². The Hall–Kier alpha value is -0.870. The highest BCUT2D eigenvalue weighted by molar-refractivity contribution is 9.10. The second-order valence-electron chi connectivity index (χ2n) is 4.79. The third-order valence-corrected chi connectivity index (χ3v) is 3.40. The Morgan fingerprint density at radius 2 is 1.95 bits per heavy atom. The van der Waals surface area contributed by atoms with Gasteiger partial charge in [0.05, 0.1) is 0 Å². The fourth-order valence-electron chi connectivity index (χ4n) is 1.83. The summed E-state index contributed by atoms with van der Waals surface area (Å²) in [5.41, 5.74) is 1.30. The second kappa shape index (κ2) is 9.10. The van der Waals surface area contributed by atoms with Crippen molar-refractivity contribution < 1.29 is 4.79 Å². The Morgan fingerprint density at radius 3 is 2.58 bits per heavy atom. The lowest BCUT2D eigenvalue weighted by molar-refractivity contribution is -0.121. The lowest BCUT2D eigenvalue weighted by atomic mass is 10.1. The van der Waals surface area contributed by atoms with Gasteiger partial charge in [0.1, 0.15) is 0 Å². The van der Waals surface area contributed by atoms with Crippen molar-refractivity contribution in [2.75, 3.05) is 13.1 Å². The number of rotatable bonds is 8.